The van der Waals surface area contributed by atoms with Crippen molar-refractivity contribution in [2.75, 3.05) is 5.73 Å². The fraction of sp³-hybridized carbons (Fsp3) is 0.500. The second kappa shape index (κ2) is 5.82. The highest BCUT2D eigenvalue weighted by atomic mass is 15.1. The topological polar surface area (TPSA) is 69.6 Å². The molecule has 2 heterocycles. The van der Waals surface area contributed by atoms with Gasteiger partial charge in [-0.1, -0.05) is 13.8 Å². The fourth-order valence-corrected chi connectivity index (χ4v) is 2.08. The molecule has 0 saturated heterocycles. The largest absolute Gasteiger partial charge is 0.383 e. The van der Waals surface area contributed by atoms with E-state index in [1.54, 1.807) is 0 Å². The molecule has 0 radical (unpaired) electrons. The van der Waals surface area contributed by atoms with Crippen molar-refractivity contribution < 1.29 is 0 Å². The van der Waals surface area contributed by atoms with Gasteiger partial charge in [-0.15, -0.1) is 0 Å². The van der Waals surface area contributed by atoms with Crippen LogP contribution in [0.3, 0.4) is 0 Å². The molecule has 0 aromatic carbocycles. The summed E-state index contributed by atoms with van der Waals surface area (Å²) in [7, 11) is 0. The van der Waals surface area contributed by atoms with Crippen LogP contribution in [0.2, 0.25) is 0 Å². The van der Waals surface area contributed by atoms with Crippen molar-refractivity contribution in [3.05, 3.63) is 23.8 Å². The van der Waals surface area contributed by atoms with Gasteiger partial charge in [-0.25, -0.2) is 15.0 Å². The van der Waals surface area contributed by atoms with Crippen LogP contribution in [0.1, 0.15) is 38.1 Å². The lowest BCUT2D eigenvalue weighted by Gasteiger charge is -2.11. The van der Waals surface area contributed by atoms with E-state index in [1.807, 2.05) is 19.3 Å². The molecule has 0 unspecified atom stereocenters. The maximum absolute atomic E-state index is 5.99. The van der Waals surface area contributed by atoms with Crippen LogP contribution in [-0.2, 0) is 13.0 Å². The van der Waals surface area contributed by atoms with Gasteiger partial charge >= 0.3 is 0 Å². The van der Waals surface area contributed by atoms with Crippen molar-refractivity contribution in [2.45, 2.75) is 46.6 Å². The molecule has 2 aromatic rings. The van der Waals surface area contributed by atoms with Crippen LogP contribution in [-0.4, -0.2) is 19.5 Å². The molecular formula is C14H21N5. The first-order valence-electron chi connectivity index (χ1n) is 6.81. The summed E-state index contributed by atoms with van der Waals surface area (Å²) in [6, 6.07) is 0. The Morgan fingerprint density at radius 2 is 2.00 bits per heavy atom. The standard InChI is InChI=1S/C14H21N5/c1-4-6-11-17-12(10(3)13(15)18-11)14-16-7-9-19(14)8-5-2/h7,9H,4-6,8H2,1-3H3,(H2,15,17,18). The van der Waals surface area contributed by atoms with E-state index in [4.69, 9.17) is 5.73 Å². The number of rotatable bonds is 5. The average molecular weight is 259 g/mol. The van der Waals surface area contributed by atoms with E-state index >= 15 is 0 Å². The molecule has 0 aliphatic carbocycles. The smallest absolute Gasteiger partial charge is 0.159 e. The second-order valence-corrected chi connectivity index (χ2v) is 4.69. The van der Waals surface area contributed by atoms with Crippen LogP contribution in [0.4, 0.5) is 5.82 Å². The highest BCUT2D eigenvalue weighted by Crippen LogP contribution is 2.23. The lowest BCUT2D eigenvalue weighted by atomic mass is 10.2. The van der Waals surface area contributed by atoms with Gasteiger partial charge < -0.3 is 10.3 Å². The van der Waals surface area contributed by atoms with Crippen LogP contribution in [0.25, 0.3) is 11.5 Å². The molecular weight excluding hydrogens is 238 g/mol. The number of aromatic nitrogens is 4. The number of nitrogens with zero attached hydrogens (tertiary/aromatic N) is 4. The van der Waals surface area contributed by atoms with Crippen molar-refractivity contribution >= 4 is 5.82 Å². The second-order valence-electron chi connectivity index (χ2n) is 4.69. The van der Waals surface area contributed by atoms with Crippen molar-refractivity contribution in [1.29, 1.82) is 0 Å². The summed E-state index contributed by atoms with van der Waals surface area (Å²) < 4.78 is 2.12. The number of anilines is 1. The van der Waals surface area contributed by atoms with E-state index in [9.17, 15) is 0 Å². The molecule has 0 aliphatic heterocycles. The van der Waals surface area contributed by atoms with Gasteiger partial charge in [0, 0.05) is 30.9 Å². The van der Waals surface area contributed by atoms with Crippen LogP contribution in [0, 0.1) is 6.92 Å². The Morgan fingerprint density at radius 1 is 1.21 bits per heavy atom. The number of nitrogen functional groups attached to an aromatic ring is 1. The Kier molecular flexibility index (Phi) is 4.14. The highest BCUT2D eigenvalue weighted by molar-refractivity contribution is 5.61. The zero-order valence-electron chi connectivity index (χ0n) is 11.8. The van der Waals surface area contributed by atoms with Gasteiger partial charge in [0.25, 0.3) is 0 Å². The van der Waals surface area contributed by atoms with Gasteiger partial charge in [0.1, 0.15) is 17.3 Å². The Hall–Kier alpha value is -1.91. The summed E-state index contributed by atoms with van der Waals surface area (Å²) in [6.45, 7) is 7.14. The molecule has 19 heavy (non-hydrogen) atoms. The molecule has 0 fully saturated rings. The van der Waals surface area contributed by atoms with Crippen molar-refractivity contribution in [2.24, 2.45) is 0 Å². The van der Waals surface area contributed by atoms with Crippen molar-refractivity contribution in [3.63, 3.8) is 0 Å². The number of hydrogen-bond acceptors (Lipinski definition) is 4. The molecule has 0 amide bonds. The maximum Gasteiger partial charge on any atom is 0.159 e. The molecule has 0 aliphatic rings. The highest BCUT2D eigenvalue weighted by Gasteiger charge is 2.14. The molecule has 0 saturated carbocycles. The number of aryl methyl sites for hydroxylation is 2. The third-order valence-electron chi connectivity index (χ3n) is 3.10. The molecule has 0 atom stereocenters. The van der Waals surface area contributed by atoms with Gasteiger partial charge in [0.15, 0.2) is 5.82 Å². The third kappa shape index (κ3) is 2.75. The normalized spacial score (nSPS) is 10.9. The summed E-state index contributed by atoms with van der Waals surface area (Å²) in [5.74, 6) is 2.23. The van der Waals surface area contributed by atoms with Gasteiger partial charge in [-0.3, -0.25) is 0 Å². The Bertz CT molecular complexity index is 559. The zero-order valence-corrected chi connectivity index (χ0v) is 11.8. The number of hydrogen-bond donors (Lipinski definition) is 1. The van der Waals surface area contributed by atoms with E-state index in [0.717, 1.165) is 48.7 Å². The molecule has 2 N–H and O–H groups in total. The lowest BCUT2D eigenvalue weighted by Crippen LogP contribution is -2.08. The Balaban J connectivity index is 2.50. The lowest BCUT2D eigenvalue weighted by molar-refractivity contribution is 0.682. The molecule has 2 rings (SSSR count). The van der Waals surface area contributed by atoms with E-state index < -0.39 is 0 Å². The predicted octanol–water partition coefficient (Wildman–Crippen LogP) is 2.59. The monoisotopic (exact) mass is 259 g/mol. The first-order chi connectivity index (χ1) is 9.17. The zero-order chi connectivity index (χ0) is 13.8. The first-order valence-corrected chi connectivity index (χ1v) is 6.81. The van der Waals surface area contributed by atoms with E-state index in [1.165, 1.54) is 0 Å². The Labute approximate surface area is 113 Å². The summed E-state index contributed by atoms with van der Waals surface area (Å²) in [4.78, 5) is 13.4. The fourth-order valence-electron chi connectivity index (χ4n) is 2.08. The van der Waals surface area contributed by atoms with Gasteiger partial charge in [-0.2, -0.15) is 0 Å². The molecule has 5 heteroatoms. The molecule has 5 nitrogen and oxygen atoms in total. The maximum atomic E-state index is 5.99. The minimum atomic E-state index is 0.555. The van der Waals surface area contributed by atoms with E-state index in [0.29, 0.717) is 5.82 Å². The summed E-state index contributed by atoms with van der Waals surface area (Å²) in [5, 5.41) is 0. The summed E-state index contributed by atoms with van der Waals surface area (Å²) >= 11 is 0. The number of imidazole rings is 1. The third-order valence-corrected chi connectivity index (χ3v) is 3.10. The van der Waals surface area contributed by atoms with Crippen LogP contribution in [0.15, 0.2) is 12.4 Å². The van der Waals surface area contributed by atoms with E-state index in [-0.39, 0.29) is 0 Å². The minimum absolute atomic E-state index is 0.555. The molecule has 102 valence electrons. The van der Waals surface area contributed by atoms with Crippen LogP contribution >= 0.6 is 0 Å². The number of nitrogens with two attached hydrogens (primary N) is 1. The van der Waals surface area contributed by atoms with Gasteiger partial charge in [0.2, 0.25) is 0 Å². The van der Waals surface area contributed by atoms with Gasteiger partial charge in [0.05, 0.1) is 0 Å². The minimum Gasteiger partial charge on any atom is -0.383 e. The molecule has 2 aromatic heterocycles. The quantitative estimate of drug-likeness (QED) is 0.896. The summed E-state index contributed by atoms with van der Waals surface area (Å²) in [5.41, 5.74) is 7.76. The van der Waals surface area contributed by atoms with E-state index in [2.05, 4.69) is 33.4 Å². The first kappa shape index (κ1) is 13.5. The average Bonchev–Trinajstić information content (AvgIpc) is 2.82. The Morgan fingerprint density at radius 3 is 2.68 bits per heavy atom. The van der Waals surface area contributed by atoms with Crippen LogP contribution < -0.4 is 5.73 Å². The molecule has 0 bridgehead atoms. The SMILES string of the molecule is CCCc1nc(N)c(C)c(-c2nccn2CCC)n1. The predicted molar refractivity (Wildman–Crippen MR) is 76.7 cm³/mol. The van der Waals surface area contributed by atoms with Crippen LogP contribution in [0.5, 0.6) is 0 Å². The van der Waals surface area contributed by atoms with Crippen molar-refractivity contribution in [3.8, 4) is 11.5 Å². The molecule has 0 spiro atoms. The van der Waals surface area contributed by atoms with Gasteiger partial charge in [-0.05, 0) is 19.8 Å². The summed E-state index contributed by atoms with van der Waals surface area (Å²) in [6.07, 6.45) is 6.69. The van der Waals surface area contributed by atoms with Crippen molar-refractivity contribution in [1.82, 2.24) is 19.5 Å².